The third-order valence-corrected chi connectivity index (χ3v) is 2.08. The molecule has 1 atom stereocenters. The Morgan fingerprint density at radius 1 is 1.58 bits per heavy atom. The monoisotopic (exact) mass is 166 g/mol. The topological polar surface area (TPSA) is 59.1 Å². The fourth-order valence-electron chi connectivity index (χ4n) is 1.15. The normalized spacial score (nSPS) is 13.0. The second-order valence-corrected chi connectivity index (χ2v) is 2.86. The van der Waals surface area contributed by atoms with E-state index in [9.17, 15) is 5.11 Å². The van der Waals surface area contributed by atoms with Gasteiger partial charge in [-0.05, 0) is 31.0 Å². The van der Waals surface area contributed by atoms with Gasteiger partial charge in [0.1, 0.15) is 0 Å². The van der Waals surface area contributed by atoms with Gasteiger partial charge in [0, 0.05) is 18.4 Å². The molecule has 3 N–H and O–H groups in total. The molecule has 0 saturated carbocycles. The molecule has 66 valence electrons. The number of nitrogens with zero attached hydrogens (tertiary/aromatic N) is 1. The summed E-state index contributed by atoms with van der Waals surface area (Å²) in [6, 6.07) is 1.81. The van der Waals surface area contributed by atoms with Gasteiger partial charge in [0.2, 0.25) is 0 Å². The molecule has 3 heteroatoms. The van der Waals surface area contributed by atoms with Crippen molar-refractivity contribution >= 4 is 0 Å². The van der Waals surface area contributed by atoms with Crippen LogP contribution >= 0.6 is 0 Å². The SMILES string of the molecule is Cc1nccc(C(O)CN)c1C. The Morgan fingerprint density at radius 3 is 2.83 bits per heavy atom. The summed E-state index contributed by atoms with van der Waals surface area (Å²) < 4.78 is 0. The summed E-state index contributed by atoms with van der Waals surface area (Å²) in [6.45, 7) is 4.11. The van der Waals surface area contributed by atoms with E-state index in [4.69, 9.17) is 5.73 Å². The first-order chi connectivity index (χ1) is 5.66. The Kier molecular flexibility index (Phi) is 2.78. The lowest BCUT2D eigenvalue weighted by molar-refractivity contribution is 0.186. The molecule has 0 aromatic carbocycles. The summed E-state index contributed by atoms with van der Waals surface area (Å²) in [5, 5.41) is 9.48. The molecule has 0 radical (unpaired) electrons. The first-order valence-corrected chi connectivity index (χ1v) is 3.97. The van der Waals surface area contributed by atoms with Gasteiger partial charge in [0.15, 0.2) is 0 Å². The van der Waals surface area contributed by atoms with Crippen molar-refractivity contribution in [1.82, 2.24) is 4.98 Å². The van der Waals surface area contributed by atoms with Crippen molar-refractivity contribution in [2.24, 2.45) is 5.73 Å². The van der Waals surface area contributed by atoms with Gasteiger partial charge in [-0.3, -0.25) is 4.98 Å². The zero-order chi connectivity index (χ0) is 9.14. The lowest BCUT2D eigenvalue weighted by Crippen LogP contribution is -2.13. The van der Waals surface area contributed by atoms with E-state index in [1.165, 1.54) is 0 Å². The molecule has 1 unspecified atom stereocenters. The Labute approximate surface area is 72.2 Å². The highest BCUT2D eigenvalue weighted by Gasteiger charge is 2.09. The third kappa shape index (κ3) is 1.62. The molecular formula is C9H14N2O. The second-order valence-electron chi connectivity index (χ2n) is 2.86. The van der Waals surface area contributed by atoms with Crippen LogP contribution in [0.5, 0.6) is 0 Å². The van der Waals surface area contributed by atoms with Gasteiger partial charge in [-0.15, -0.1) is 0 Å². The lowest BCUT2D eigenvalue weighted by Gasteiger charge is -2.12. The summed E-state index contributed by atoms with van der Waals surface area (Å²) in [6.07, 6.45) is 1.13. The molecule has 1 rings (SSSR count). The smallest absolute Gasteiger partial charge is 0.0915 e. The number of aromatic nitrogens is 1. The zero-order valence-corrected chi connectivity index (χ0v) is 7.41. The first-order valence-electron chi connectivity index (χ1n) is 3.97. The Morgan fingerprint density at radius 2 is 2.25 bits per heavy atom. The number of hydrogen-bond acceptors (Lipinski definition) is 3. The highest BCUT2D eigenvalue weighted by molar-refractivity contribution is 5.29. The van der Waals surface area contributed by atoms with Gasteiger partial charge in [-0.25, -0.2) is 0 Å². The van der Waals surface area contributed by atoms with Crippen LogP contribution in [0.1, 0.15) is 22.9 Å². The third-order valence-electron chi connectivity index (χ3n) is 2.08. The van der Waals surface area contributed by atoms with E-state index in [0.717, 1.165) is 16.8 Å². The Balaban J connectivity index is 3.07. The Hall–Kier alpha value is -0.930. The van der Waals surface area contributed by atoms with E-state index in [-0.39, 0.29) is 6.54 Å². The van der Waals surface area contributed by atoms with Gasteiger partial charge in [-0.2, -0.15) is 0 Å². The predicted molar refractivity (Wildman–Crippen MR) is 47.7 cm³/mol. The number of nitrogens with two attached hydrogens (primary N) is 1. The minimum atomic E-state index is -0.563. The van der Waals surface area contributed by atoms with Gasteiger partial charge in [0.25, 0.3) is 0 Å². The number of pyridine rings is 1. The predicted octanol–water partition coefficient (Wildman–Crippen LogP) is 0.691. The molecule has 0 spiro atoms. The van der Waals surface area contributed by atoms with E-state index >= 15 is 0 Å². The minimum Gasteiger partial charge on any atom is -0.387 e. The molecule has 1 heterocycles. The number of aliphatic hydroxyl groups is 1. The highest BCUT2D eigenvalue weighted by Crippen LogP contribution is 2.17. The average molecular weight is 166 g/mol. The molecule has 3 nitrogen and oxygen atoms in total. The molecule has 0 saturated heterocycles. The summed E-state index contributed by atoms with van der Waals surface area (Å²) in [5.74, 6) is 0. The molecule has 12 heavy (non-hydrogen) atoms. The zero-order valence-electron chi connectivity index (χ0n) is 7.41. The van der Waals surface area contributed by atoms with Gasteiger partial charge in [0.05, 0.1) is 6.10 Å². The van der Waals surface area contributed by atoms with Crippen molar-refractivity contribution in [2.45, 2.75) is 20.0 Å². The van der Waals surface area contributed by atoms with E-state index < -0.39 is 6.10 Å². The lowest BCUT2D eigenvalue weighted by atomic mass is 10.0. The van der Waals surface area contributed by atoms with Crippen LogP contribution in [0.4, 0.5) is 0 Å². The van der Waals surface area contributed by atoms with Gasteiger partial charge in [-0.1, -0.05) is 0 Å². The summed E-state index contributed by atoms with van der Waals surface area (Å²) >= 11 is 0. The summed E-state index contributed by atoms with van der Waals surface area (Å²) in [4.78, 5) is 4.10. The van der Waals surface area contributed by atoms with Crippen LogP contribution in [0.2, 0.25) is 0 Å². The standard InChI is InChI=1S/C9H14N2O/c1-6-7(2)11-4-3-8(6)9(12)5-10/h3-4,9,12H,5,10H2,1-2H3. The maximum absolute atomic E-state index is 9.48. The van der Waals surface area contributed by atoms with Crippen molar-refractivity contribution < 1.29 is 5.11 Å². The van der Waals surface area contributed by atoms with Crippen molar-refractivity contribution in [1.29, 1.82) is 0 Å². The Bertz CT molecular complexity index is 273. The van der Waals surface area contributed by atoms with Crippen LogP contribution in [-0.4, -0.2) is 16.6 Å². The largest absolute Gasteiger partial charge is 0.387 e. The fraction of sp³-hybridized carbons (Fsp3) is 0.444. The van der Waals surface area contributed by atoms with Crippen LogP contribution in [0, 0.1) is 13.8 Å². The first kappa shape index (κ1) is 9.16. The molecule has 0 bridgehead atoms. The van der Waals surface area contributed by atoms with Gasteiger partial charge >= 0.3 is 0 Å². The molecule has 0 aliphatic heterocycles. The summed E-state index contributed by atoms with van der Waals surface area (Å²) in [5.41, 5.74) is 8.20. The van der Waals surface area contributed by atoms with Crippen molar-refractivity contribution in [3.8, 4) is 0 Å². The quantitative estimate of drug-likeness (QED) is 0.679. The molecule has 1 aromatic heterocycles. The minimum absolute atomic E-state index is 0.254. The molecule has 0 fully saturated rings. The van der Waals surface area contributed by atoms with E-state index in [0.29, 0.717) is 0 Å². The molecule has 1 aromatic rings. The van der Waals surface area contributed by atoms with Gasteiger partial charge < -0.3 is 10.8 Å². The van der Waals surface area contributed by atoms with Crippen molar-refractivity contribution in [2.75, 3.05) is 6.54 Å². The second kappa shape index (κ2) is 3.65. The van der Waals surface area contributed by atoms with E-state index in [1.54, 1.807) is 12.3 Å². The van der Waals surface area contributed by atoms with E-state index in [1.807, 2.05) is 13.8 Å². The van der Waals surface area contributed by atoms with E-state index in [2.05, 4.69) is 4.98 Å². The number of hydrogen-bond donors (Lipinski definition) is 2. The van der Waals surface area contributed by atoms with Crippen molar-refractivity contribution in [3.05, 3.63) is 29.1 Å². The van der Waals surface area contributed by atoms with Crippen LogP contribution in [0.25, 0.3) is 0 Å². The highest BCUT2D eigenvalue weighted by atomic mass is 16.3. The van der Waals surface area contributed by atoms with Crippen LogP contribution in [-0.2, 0) is 0 Å². The maximum Gasteiger partial charge on any atom is 0.0915 e. The van der Waals surface area contributed by atoms with Crippen LogP contribution < -0.4 is 5.73 Å². The molecule has 0 amide bonds. The maximum atomic E-state index is 9.48. The fourth-order valence-corrected chi connectivity index (χ4v) is 1.15. The summed E-state index contributed by atoms with van der Waals surface area (Å²) in [7, 11) is 0. The molecule has 0 aliphatic carbocycles. The van der Waals surface area contributed by atoms with Crippen LogP contribution in [0.3, 0.4) is 0 Å². The number of rotatable bonds is 2. The van der Waals surface area contributed by atoms with Crippen molar-refractivity contribution in [3.63, 3.8) is 0 Å². The average Bonchev–Trinajstić information content (AvgIpc) is 2.08. The van der Waals surface area contributed by atoms with Crippen LogP contribution in [0.15, 0.2) is 12.3 Å². The number of aliphatic hydroxyl groups excluding tert-OH is 1. The molecular weight excluding hydrogens is 152 g/mol. The number of aryl methyl sites for hydroxylation is 1. The molecule has 0 aliphatic rings.